The third-order valence-corrected chi connectivity index (χ3v) is 4.67. The van der Waals surface area contributed by atoms with Crippen molar-refractivity contribution in [1.82, 2.24) is 4.57 Å². The number of rotatable bonds is 3. The summed E-state index contributed by atoms with van der Waals surface area (Å²) in [6.07, 6.45) is 5.22. The molecule has 0 spiro atoms. The van der Waals surface area contributed by atoms with Crippen LogP contribution in [0, 0.1) is 5.41 Å². The average Bonchev–Trinajstić information content (AvgIpc) is 2.89. The van der Waals surface area contributed by atoms with E-state index in [0.29, 0.717) is 5.41 Å². The van der Waals surface area contributed by atoms with Gasteiger partial charge in [0.2, 0.25) is 0 Å². The summed E-state index contributed by atoms with van der Waals surface area (Å²) >= 11 is 0. The molecule has 1 aliphatic carbocycles. The predicted octanol–water partition coefficient (Wildman–Crippen LogP) is 3.53. The zero-order valence-corrected chi connectivity index (χ0v) is 12.3. The van der Waals surface area contributed by atoms with Crippen molar-refractivity contribution in [2.75, 3.05) is 11.9 Å². The van der Waals surface area contributed by atoms with Gasteiger partial charge in [0.25, 0.3) is 5.56 Å². The third kappa shape index (κ3) is 2.33. The number of nitrogens with one attached hydrogen (secondary N) is 1. The van der Waals surface area contributed by atoms with E-state index in [4.69, 9.17) is 0 Å². The zero-order valence-electron chi connectivity index (χ0n) is 12.3. The Bertz CT molecular complexity index is 681. The third-order valence-electron chi connectivity index (χ3n) is 4.67. The molecule has 1 fully saturated rings. The first-order valence-electron chi connectivity index (χ1n) is 7.42. The van der Waals surface area contributed by atoms with Gasteiger partial charge in [-0.1, -0.05) is 38.0 Å². The maximum absolute atomic E-state index is 12.1. The number of hydrogen-bond acceptors (Lipinski definition) is 2. The Kier molecular flexibility index (Phi) is 3.28. The molecule has 0 atom stereocenters. The van der Waals surface area contributed by atoms with Crippen LogP contribution in [-0.2, 0) is 7.05 Å². The summed E-state index contributed by atoms with van der Waals surface area (Å²) in [4.78, 5) is 12.1. The Morgan fingerprint density at radius 1 is 1.25 bits per heavy atom. The van der Waals surface area contributed by atoms with Gasteiger partial charge in [-0.25, -0.2) is 0 Å². The quantitative estimate of drug-likeness (QED) is 0.925. The summed E-state index contributed by atoms with van der Waals surface area (Å²) in [5.41, 5.74) is 2.38. The van der Waals surface area contributed by atoms with E-state index in [0.717, 1.165) is 23.1 Å². The summed E-state index contributed by atoms with van der Waals surface area (Å²) in [6.45, 7) is 3.29. The molecule has 0 aliphatic heterocycles. The van der Waals surface area contributed by atoms with E-state index >= 15 is 0 Å². The molecule has 1 N–H and O–H groups in total. The minimum absolute atomic E-state index is 0.0442. The van der Waals surface area contributed by atoms with Crippen molar-refractivity contribution in [1.29, 1.82) is 0 Å². The summed E-state index contributed by atoms with van der Waals surface area (Å²) in [7, 11) is 1.83. The fraction of sp³-hybridized carbons (Fsp3) is 0.471. The maximum atomic E-state index is 12.1. The van der Waals surface area contributed by atoms with E-state index in [1.54, 1.807) is 10.6 Å². The zero-order chi connectivity index (χ0) is 14.2. The molecule has 1 heterocycles. The van der Waals surface area contributed by atoms with Crippen LogP contribution in [0.1, 0.15) is 32.6 Å². The molecular weight excluding hydrogens is 248 g/mol. The minimum atomic E-state index is 0.0442. The van der Waals surface area contributed by atoms with Crippen LogP contribution in [0.15, 0.2) is 35.1 Å². The van der Waals surface area contributed by atoms with Crippen molar-refractivity contribution in [3.63, 3.8) is 0 Å². The minimum Gasteiger partial charge on any atom is -0.384 e. The first kappa shape index (κ1) is 13.2. The van der Waals surface area contributed by atoms with Crippen molar-refractivity contribution < 1.29 is 0 Å². The molecule has 20 heavy (non-hydrogen) atoms. The van der Waals surface area contributed by atoms with Crippen LogP contribution in [-0.4, -0.2) is 11.1 Å². The molecule has 2 aromatic rings. The molecule has 106 valence electrons. The molecule has 3 rings (SSSR count). The average molecular weight is 270 g/mol. The smallest absolute Gasteiger partial charge is 0.252 e. The normalized spacial score (nSPS) is 17.5. The Balaban J connectivity index is 1.95. The summed E-state index contributed by atoms with van der Waals surface area (Å²) in [5.74, 6) is 0. The highest BCUT2D eigenvalue weighted by Gasteiger charge is 2.28. The molecular formula is C17H22N2O. The van der Waals surface area contributed by atoms with Crippen molar-refractivity contribution in [2.45, 2.75) is 32.6 Å². The van der Waals surface area contributed by atoms with Crippen LogP contribution in [0.25, 0.3) is 10.9 Å². The number of benzene rings is 1. The molecule has 1 saturated carbocycles. The van der Waals surface area contributed by atoms with Crippen molar-refractivity contribution in [2.24, 2.45) is 12.5 Å². The number of anilines is 1. The largest absolute Gasteiger partial charge is 0.384 e. The highest BCUT2D eigenvalue weighted by molar-refractivity contribution is 5.91. The van der Waals surface area contributed by atoms with Gasteiger partial charge in [-0.15, -0.1) is 0 Å². The van der Waals surface area contributed by atoms with E-state index in [-0.39, 0.29) is 5.56 Å². The maximum Gasteiger partial charge on any atom is 0.252 e. The lowest BCUT2D eigenvalue weighted by Crippen LogP contribution is -2.24. The molecule has 0 unspecified atom stereocenters. The monoisotopic (exact) mass is 270 g/mol. The van der Waals surface area contributed by atoms with Crippen LogP contribution >= 0.6 is 0 Å². The first-order valence-corrected chi connectivity index (χ1v) is 7.42. The van der Waals surface area contributed by atoms with Crippen molar-refractivity contribution in [3.8, 4) is 0 Å². The Morgan fingerprint density at radius 3 is 2.70 bits per heavy atom. The van der Waals surface area contributed by atoms with E-state index in [9.17, 15) is 4.79 Å². The first-order chi connectivity index (χ1) is 9.59. The van der Waals surface area contributed by atoms with Gasteiger partial charge in [-0.2, -0.15) is 0 Å². The van der Waals surface area contributed by atoms with E-state index in [1.165, 1.54) is 25.7 Å². The van der Waals surface area contributed by atoms with Gasteiger partial charge in [0.1, 0.15) is 0 Å². The summed E-state index contributed by atoms with van der Waals surface area (Å²) in [6, 6.07) is 9.80. The van der Waals surface area contributed by atoms with E-state index in [1.807, 2.05) is 25.2 Å². The van der Waals surface area contributed by atoms with Gasteiger partial charge >= 0.3 is 0 Å². The highest BCUT2D eigenvalue weighted by Crippen LogP contribution is 2.37. The molecule has 0 amide bonds. The number of aromatic nitrogens is 1. The number of aryl methyl sites for hydroxylation is 1. The van der Waals surface area contributed by atoms with Crippen molar-refractivity contribution >= 4 is 16.6 Å². The van der Waals surface area contributed by atoms with Crippen LogP contribution in [0.4, 0.5) is 5.69 Å². The van der Waals surface area contributed by atoms with Crippen LogP contribution in [0.5, 0.6) is 0 Å². The lowest BCUT2D eigenvalue weighted by molar-refractivity contribution is 0.362. The SMILES string of the molecule is Cn1c(=O)cc(NCC2(C)CCCC2)c2ccccc21. The number of pyridine rings is 1. The van der Waals surface area contributed by atoms with Gasteiger partial charge in [0.15, 0.2) is 0 Å². The van der Waals surface area contributed by atoms with Gasteiger partial charge in [-0.05, 0) is 24.3 Å². The molecule has 3 heteroatoms. The molecule has 3 nitrogen and oxygen atoms in total. The van der Waals surface area contributed by atoms with Gasteiger partial charge < -0.3 is 9.88 Å². The number of hydrogen-bond donors (Lipinski definition) is 1. The molecule has 1 aliphatic rings. The van der Waals surface area contributed by atoms with E-state index in [2.05, 4.69) is 18.3 Å². The highest BCUT2D eigenvalue weighted by atomic mass is 16.1. The fourth-order valence-electron chi connectivity index (χ4n) is 3.27. The molecule has 0 bridgehead atoms. The fourth-order valence-corrected chi connectivity index (χ4v) is 3.27. The predicted molar refractivity (Wildman–Crippen MR) is 84.3 cm³/mol. The molecule has 1 aromatic carbocycles. The Labute approximate surface area is 119 Å². The van der Waals surface area contributed by atoms with Crippen LogP contribution in [0.3, 0.4) is 0 Å². The van der Waals surface area contributed by atoms with Crippen LogP contribution in [0.2, 0.25) is 0 Å². The number of fused-ring (bicyclic) bond motifs is 1. The standard InChI is InChI=1S/C17H22N2O/c1-17(9-5-6-10-17)12-18-14-11-16(20)19(2)15-8-4-3-7-13(14)15/h3-4,7-8,11,18H,5-6,9-10,12H2,1-2H3. The van der Waals surface area contributed by atoms with Gasteiger partial charge in [-0.3, -0.25) is 4.79 Å². The number of nitrogens with zero attached hydrogens (tertiary/aromatic N) is 1. The lowest BCUT2D eigenvalue weighted by atomic mass is 9.89. The number of para-hydroxylation sites is 1. The topological polar surface area (TPSA) is 34.0 Å². The van der Waals surface area contributed by atoms with Gasteiger partial charge in [0, 0.05) is 30.7 Å². The second-order valence-electron chi connectivity index (χ2n) is 6.34. The van der Waals surface area contributed by atoms with E-state index < -0.39 is 0 Å². The summed E-state index contributed by atoms with van der Waals surface area (Å²) in [5, 5.41) is 4.65. The van der Waals surface area contributed by atoms with Crippen LogP contribution < -0.4 is 10.9 Å². The second-order valence-corrected chi connectivity index (χ2v) is 6.34. The van der Waals surface area contributed by atoms with Gasteiger partial charge in [0.05, 0.1) is 5.52 Å². The van der Waals surface area contributed by atoms with Crippen molar-refractivity contribution in [3.05, 3.63) is 40.7 Å². The molecule has 0 radical (unpaired) electrons. The second kappa shape index (κ2) is 4.97. The lowest BCUT2D eigenvalue weighted by Gasteiger charge is -2.25. The molecule has 1 aromatic heterocycles. The Morgan fingerprint density at radius 2 is 1.95 bits per heavy atom. The summed E-state index contributed by atoms with van der Waals surface area (Å²) < 4.78 is 1.71. The Hall–Kier alpha value is -1.77. The molecule has 0 saturated heterocycles.